The summed E-state index contributed by atoms with van der Waals surface area (Å²) in [7, 11) is -2.16. The predicted molar refractivity (Wildman–Crippen MR) is 79.7 cm³/mol. The topological polar surface area (TPSA) is 68.2 Å². The van der Waals surface area contributed by atoms with Crippen molar-refractivity contribution in [3.63, 3.8) is 0 Å². The molecule has 0 aliphatic heterocycles. The zero-order valence-corrected chi connectivity index (χ0v) is 11.7. The molecule has 0 fully saturated rings. The summed E-state index contributed by atoms with van der Waals surface area (Å²) >= 11 is 0. The van der Waals surface area contributed by atoms with Crippen LogP contribution in [0.15, 0.2) is 58.9 Å². The Labute approximate surface area is 117 Å². The first-order valence-corrected chi connectivity index (χ1v) is 7.44. The highest BCUT2D eigenvalue weighted by molar-refractivity contribution is 7.95. The van der Waals surface area contributed by atoms with Crippen LogP contribution in [0.1, 0.15) is 5.56 Å². The second-order valence-corrected chi connectivity index (χ2v) is 5.76. The van der Waals surface area contributed by atoms with Gasteiger partial charge in [0, 0.05) is 13.2 Å². The summed E-state index contributed by atoms with van der Waals surface area (Å²) < 4.78 is 27.3. The van der Waals surface area contributed by atoms with Crippen LogP contribution < -0.4 is 10.3 Å². The number of benzene rings is 1. The minimum absolute atomic E-state index is 0.0210. The molecule has 0 aliphatic rings. The highest BCUT2D eigenvalue weighted by Gasteiger charge is 2.09. The van der Waals surface area contributed by atoms with Gasteiger partial charge in [-0.3, -0.25) is 9.52 Å². The maximum absolute atomic E-state index is 11.9. The quantitative estimate of drug-likeness (QED) is 0.933. The molecule has 0 bridgehead atoms. The molecule has 1 N–H and O–H groups in total. The molecule has 0 atom stereocenters. The number of aromatic nitrogens is 1. The highest BCUT2D eigenvalue weighted by atomic mass is 32.2. The Morgan fingerprint density at radius 2 is 1.80 bits per heavy atom. The third-order valence-corrected chi connectivity index (χ3v) is 3.61. The molecule has 0 unspecified atom stereocenters. The number of pyridine rings is 1. The standard InChI is InChI=1S/C14H14N2O3S/c1-16-10-5-8-13(14(16)17)15-20(18,19)11-9-12-6-3-2-4-7-12/h2-11,15H,1H3/b11-9+. The predicted octanol–water partition coefficient (Wildman–Crippen LogP) is 1.80. The zero-order chi connectivity index (χ0) is 14.6. The number of rotatable bonds is 4. The first-order chi connectivity index (χ1) is 9.48. The van der Waals surface area contributed by atoms with E-state index < -0.39 is 15.6 Å². The molecule has 0 saturated carbocycles. The normalized spacial score (nSPS) is 11.7. The van der Waals surface area contributed by atoms with Crippen molar-refractivity contribution < 1.29 is 8.42 Å². The zero-order valence-electron chi connectivity index (χ0n) is 10.9. The third-order valence-electron chi connectivity index (χ3n) is 2.61. The third kappa shape index (κ3) is 3.58. The molecule has 0 spiro atoms. The molecule has 6 heteroatoms. The van der Waals surface area contributed by atoms with Gasteiger partial charge in [-0.25, -0.2) is 8.42 Å². The van der Waals surface area contributed by atoms with Gasteiger partial charge in [0.15, 0.2) is 0 Å². The van der Waals surface area contributed by atoms with E-state index in [0.717, 1.165) is 11.0 Å². The van der Waals surface area contributed by atoms with E-state index in [1.165, 1.54) is 16.7 Å². The number of nitrogens with zero attached hydrogens (tertiary/aromatic N) is 1. The van der Waals surface area contributed by atoms with Gasteiger partial charge in [0.05, 0.1) is 5.41 Å². The molecule has 2 aromatic rings. The molecule has 0 amide bonds. The number of sulfonamides is 1. The van der Waals surface area contributed by atoms with Crippen molar-refractivity contribution in [2.75, 3.05) is 4.72 Å². The number of aryl methyl sites for hydroxylation is 1. The lowest BCUT2D eigenvalue weighted by atomic mass is 10.2. The summed E-state index contributed by atoms with van der Waals surface area (Å²) in [6.07, 6.45) is 3.02. The Bertz CT molecular complexity index is 778. The van der Waals surface area contributed by atoms with E-state index in [9.17, 15) is 13.2 Å². The summed E-state index contributed by atoms with van der Waals surface area (Å²) in [4.78, 5) is 11.7. The van der Waals surface area contributed by atoms with Crippen LogP contribution in [-0.4, -0.2) is 13.0 Å². The van der Waals surface area contributed by atoms with E-state index in [-0.39, 0.29) is 5.69 Å². The Balaban J connectivity index is 2.22. The highest BCUT2D eigenvalue weighted by Crippen LogP contribution is 2.06. The Kier molecular flexibility index (Phi) is 4.05. The molecule has 104 valence electrons. The second-order valence-electron chi connectivity index (χ2n) is 4.20. The minimum atomic E-state index is -3.72. The van der Waals surface area contributed by atoms with Crippen molar-refractivity contribution in [1.82, 2.24) is 4.57 Å². The minimum Gasteiger partial charge on any atom is -0.317 e. The van der Waals surface area contributed by atoms with Gasteiger partial charge in [0.1, 0.15) is 5.69 Å². The molecule has 1 aromatic carbocycles. The fourth-order valence-electron chi connectivity index (χ4n) is 1.59. The van der Waals surface area contributed by atoms with Gasteiger partial charge >= 0.3 is 0 Å². The maximum atomic E-state index is 11.9. The fraction of sp³-hybridized carbons (Fsp3) is 0.0714. The van der Waals surface area contributed by atoms with Crippen molar-refractivity contribution in [2.45, 2.75) is 0 Å². The van der Waals surface area contributed by atoms with Crippen LogP contribution >= 0.6 is 0 Å². The molecule has 0 saturated heterocycles. The summed E-state index contributed by atoms with van der Waals surface area (Å²) in [5.74, 6) is 0. The molecule has 5 nitrogen and oxygen atoms in total. The van der Waals surface area contributed by atoms with Crippen molar-refractivity contribution in [1.29, 1.82) is 0 Å². The number of nitrogens with one attached hydrogen (secondary N) is 1. The van der Waals surface area contributed by atoms with Crippen molar-refractivity contribution in [3.8, 4) is 0 Å². The van der Waals surface area contributed by atoms with E-state index >= 15 is 0 Å². The largest absolute Gasteiger partial charge is 0.317 e. The lowest BCUT2D eigenvalue weighted by Crippen LogP contribution is -2.22. The van der Waals surface area contributed by atoms with E-state index in [1.807, 2.05) is 18.2 Å². The summed E-state index contributed by atoms with van der Waals surface area (Å²) in [6, 6.07) is 12.1. The van der Waals surface area contributed by atoms with Gasteiger partial charge in [-0.2, -0.15) is 0 Å². The maximum Gasteiger partial charge on any atom is 0.274 e. The number of anilines is 1. The SMILES string of the molecule is Cn1cccc(NS(=O)(=O)/C=C/c2ccccc2)c1=O. The van der Waals surface area contributed by atoms with Crippen molar-refractivity contribution in [3.05, 3.63) is 70.0 Å². The molecule has 0 aliphatic carbocycles. The van der Waals surface area contributed by atoms with Crippen LogP contribution in [0.3, 0.4) is 0 Å². The van der Waals surface area contributed by atoms with Crippen LogP contribution in [-0.2, 0) is 17.1 Å². The Hall–Kier alpha value is -2.34. The molecule has 2 rings (SSSR count). The lowest BCUT2D eigenvalue weighted by molar-refractivity contribution is 0.609. The van der Waals surface area contributed by atoms with Crippen molar-refractivity contribution >= 4 is 21.8 Å². The second kappa shape index (κ2) is 5.75. The summed E-state index contributed by atoms with van der Waals surface area (Å²) in [6.45, 7) is 0. The monoisotopic (exact) mass is 290 g/mol. The van der Waals surface area contributed by atoms with E-state index in [1.54, 1.807) is 31.4 Å². The molecular formula is C14H14N2O3S. The first kappa shape index (κ1) is 14.1. The Morgan fingerprint density at radius 1 is 1.10 bits per heavy atom. The van der Waals surface area contributed by atoms with Gasteiger partial charge in [-0.15, -0.1) is 0 Å². The van der Waals surface area contributed by atoms with E-state index in [0.29, 0.717) is 0 Å². The van der Waals surface area contributed by atoms with Gasteiger partial charge < -0.3 is 4.57 Å². The molecular weight excluding hydrogens is 276 g/mol. The molecule has 20 heavy (non-hydrogen) atoms. The van der Waals surface area contributed by atoms with Crippen LogP contribution in [0.5, 0.6) is 0 Å². The molecule has 1 heterocycles. The summed E-state index contributed by atoms with van der Waals surface area (Å²) in [5.41, 5.74) is 0.385. The average Bonchev–Trinajstić information content (AvgIpc) is 2.43. The van der Waals surface area contributed by atoms with Crippen LogP contribution in [0.4, 0.5) is 5.69 Å². The number of hydrogen-bond acceptors (Lipinski definition) is 3. The van der Waals surface area contributed by atoms with Gasteiger partial charge in [0.2, 0.25) is 0 Å². The fourth-order valence-corrected chi connectivity index (χ4v) is 2.46. The summed E-state index contributed by atoms with van der Waals surface area (Å²) in [5, 5.41) is 1.04. The van der Waals surface area contributed by atoms with Crippen molar-refractivity contribution in [2.24, 2.45) is 7.05 Å². The van der Waals surface area contributed by atoms with Gasteiger partial charge in [-0.1, -0.05) is 30.3 Å². The first-order valence-electron chi connectivity index (χ1n) is 5.89. The lowest BCUT2D eigenvalue weighted by Gasteiger charge is -2.05. The average molecular weight is 290 g/mol. The molecule has 1 aromatic heterocycles. The number of hydrogen-bond donors (Lipinski definition) is 1. The van der Waals surface area contributed by atoms with E-state index in [2.05, 4.69) is 4.72 Å². The van der Waals surface area contributed by atoms with Crippen LogP contribution in [0.25, 0.3) is 6.08 Å². The van der Waals surface area contributed by atoms with Gasteiger partial charge in [0.25, 0.3) is 15.6 Å². The van der Waals surface area contributed by atoms with Crippen LogP contribution in [0.2, 0.25) is 0 Å². The van der Waals surface area contributed by atoms with Gasteiger partial charge in [-0.05, 0) is 23.8 Å². The van der Waals surface area contributed by atoms with Crippen LogP contribution in [0, 0.1) is 0 Å². The molecule has 0 radical (unpaired) electrons. The Morgan fingerprint density at radius 3 is 2.50 bits per heavy atom. The van der Waals surface area contributed by atoms with E-state index in [4.69, 9.17) is 0 Å². The smallest absolute Gasteiger partial charge is 0.274 e.